The van der Waals surface area contributed by atoms with Crippen LogP contribution in [0, 0.1) is 5.92 Å². The number of amides is 3. The van der Waals surface area contributed by atoms with Gasteiger partial charge in [0.25, 0.3) is 5.91 Å². The number of nitrogens with one attached hydrogen (secondary N) is 2. The van der Waals surface area contributed by atoms with E-state index in [0.717, 1.165) is 12.1 Å². The highest BCUT2D eigenvalue weighted by Gasteiger charge is 2.39. The van der Waals surface area contributed by atoms with Gasteiger partial charge < -0.3 is 10.2 Å². The lowest BCUT2D eigenvalue weighted by molar-refractivity contribution is -0.136. The first-order valence-corrected chi connectivity index (χ1v) is 10.0. The van der Waals surface area contributed by atoms with E-state index in [-0.39, 0.29) is 24.1 Å². The normalized spacial score (nSPS) is 28.3. The number of hydrogen-bond acceptors (Lipinski definition) is 4. The summed E-state index contributed by atoms with van der Waals surface area (Å²) in [4.78, 5) is 37.8. The van der Waals surface area contributed by atoms with Crippen molar-refractivity contribution in [1.82, 2.24) is 15.5 Å². The molecule has 2 fully saturated rings. The van der Waals surface area contributed by atoms with Gasteiger partial charge in [-0.2, -0.15) is 0 Å². The molecule has 1 aromatic carbocycles. The van der Waals surface area contributed by atoms with E-state index in [1.54, 1.807) is 4.90 Å². The Balaban J connectivity index is 1.43. The van der Waals surface area contributed by atoms with Gasteiger partial charge in [0.2, 0.25) is 11.8 Å². The third kappa shape index (κ3) is 3.63. The zero-order valence-corrected chi connectivity index (χ0v) is 15.8. The van der Waals surface area contributed by atoms with Crippen molar-refractivity contribution >= 4 is 17.7 Å². The summed E-state index contributed by atoms with van der Waals surface area (Å²) in [6.45, 7) is 3.55. The molecule has 4 rings (SSSR count). The molecule has 3 aliphatic rings. The van der Waals surface area contributed by atoms with Gasteiger partial charge in [-0.3, -0.25) is 19.7 Å². The Kier molecular flexibility index (Phi) is 5.00. The van der Waals surface area contributed by atoms with E-state index in [9.17, 15) is 14.4 Å². The Morgan fingerprint density at radius 3 is 2.74 bits per heavy atom. The maximum Gasteiger partial charge on any atom is 0.255 e. The fraction of sp³-hybridized carbons (Fsp3) is 0.571. The van der Waals surface area contributed by atoms with Gasteiger partial charge in [-0.05, 0) is 42.4 Å². The van der Waals surface area contributed by atoms with E-state index in [2.05, 4.69) is 23.6 Å². The molecule has 1 saturated carbocycles. The maximum atomic E-state index is 12.7. The smallest absolute Gasteiger partial charge is 0.255 e. The number of piperidine rings is 1. The van der Waals surface area contributed by atoms with Crippen molar-refractivity contribution in [3.05, 3.63) is 34.9 Å². The lowest BCUT2D eigenvalue weighted by Gasteiger charge is -2.29. The summed E-state index contributed by atoms with van der Waals surface area (Å²) < 4.78 is 0. The van der Waals surface area contributed by atoms with Crippen LogP contribution in [0.25, 0.3) is 0 Å². The molecule has 1 unspecified atom stereocenters. The molecule has 144 valence electrons. The Labute approximate surface area is 159 Å². The molecule has 6 heteroatoms. The van der Waals surface area contributed by atoms with E-state index >= 15 is 0 Å². The van der Waals surface area contributed by atoms with Crippen molar-refractivity contribution in [2.24, 2.45) is 5.92 Å². The molecular weight excluding hydrogens is 342 g/mol. The molecule has 3 atom stereocenters. The molecule has 6 nitrogen and oxygen atoms in total. The SMILES string of the molecule is C[C@@H]1CCCC[C@H]1NCc1ccc2c(c1)CN(C1CCC(=O)NC1=O)C2=O. The predicted molar refractivity (Wildman–Crippen MR) is 101 cm³/mol. The Hall–Kier alpha value is -2.21. The van der Waals surface area contributed by atoms with Crippen molar-refractivity contribution in [3.8, 4) is 0 Å². The first kappa shape index (κ1) is 18.2. The van der Waals surface area contributed by atoms with E-state index in [4.69, 9.17) is 0 Å². The van der Waals surface area contributed by atoms with Gasteiger partial charge in [0.1, 0.15) is 6.04 Å². The second kappa shape index (κ2) is 7.43. The molecule has 0 bridgehead atoms. The van der Waals surface area contributed by atoms with Crippen LogP contribution in [0.3, 0.4) is 0 Å². The van der Waals surface area contributed by atoms with Gasteiger partial charge in [-0.15, -0.1) is 0 Å². The molecule has 3 amide bonds. The van der Waals surface area contributed by atoms with Gasteiger partial charge in [-0.25, -0.2) is 0 Å². The number of hydrogen-bond donors (Lipinski definition) is 2. The molecule has 0 aromatic heterocycles. The highest BCUT2D eigenvalue weighted by molar-refractivity contribution is 6.05. The Bertz CT molecular complexity index is 776. The number of imide groups is 1. The van der Waals surface area contributed by atoms with Crippen LogP contribution in [0.4, 0.5) is 0 Å². The summed E-state index contributed by atoms with van der Waals surface area (Å²) in [6, 6.07) is 5.98. The highest BCUT2D eigenvalue weighted by Crippen LogP contribution is 2.29. The van der Waals surface area contributed by atoms with Gasteiger partial charge >= 0.3 is 0 Å². The fourth-order valence-electron chi connectivity index (χ4n) is 4.61. The fourth-order valence-corrected chi connectivity index (χ4v) is 4.61. The van der Waals surface area contributed by atoms with Gasteiger partial charge in [-0.1, -0.05) is 31.9 Å². The molecule has 1 aliphatic carbocycles. The second-order valence-corrected chi connectivity index (χ2v) is 8.14. The number of rotatable bonds is 4. The number of nitrogens with zero attached hydrogens (tertiary/aromatic N) is 1. The van der Waals surface area contributed by atoms with Crippen molar-refractivity contribution in [1.29, 1.82) is 0 Å². The molecule has 27 heavy (non-hydrogen) atoms. The summed E-state index contributed by atoms with van der Waals surface area (Å²) in [5.74, 6) is -0.0241. The van der Waals surface area contributed by atoms with Crippen LogP contribution in [0.2, 0.25) is 0 Å². The molecule has 2 N–H and O–H groups in total. The molecule has 1 aromatic rings. The van der Waals surface area contributed by atoms with Crippen molar-refractivity contribution in [3.63, 3.8) is 0 Å². The average Bonchev–Trinajstić information content (AvgIpc) is 2.97. The first-order valence-electron chi connectivity index (χ1n) is 10.0. The van der Waals surface area contributed by atoms with Crippen LogP contribution in [-0.2, 0) is 22.7 Å². The van der Waals surface area contributed by atoms with Crippen molar-refractivity contribution < 1.29 is 14.4 Å². The third-order valence-electron chi connectivity index (χ3n) is 6.27. The Morgan fingerprint density at radius 1 is 1.15 bits per heavy atom. The highest BCUT2D eigenvalue weighted by atomic mass is 16.2. The predicted octanol–water partition coefficient (Wildman–Crippen LogP) is 2.12. The van der Waals surface area contributed by atoms with Gasteiger partial charge in [0.15, 0.2) is 0 Å². The van der Waals surface area contributed by atoms with Crippen molar-refractivity contribution in [2.45, 2.75) is 70.6 Å². The lowest BCUT2D eigenvalue weighted by Crippen LogP contribution is -2.52. The van der Waals surface area contributed by atoms with E-state index in [1.807, 2.05) is 12.1 Å². The summed E-state index contributed by atoms with van der Waals surface area (Å²) in [5, 5.41) is 6.02. The van der Waals surface area contributed by atoms with E-state index in [1.165, 1.54) is 31.2 Å². The third-order valence-corrected chi connectivity index (χ3v) is 6.27. The topological polar surface area (TPSA) is 78.5 Å². The zero-order chi connectivity index (χ0) is 19.0. The van der Waals surface area contributed by atoms with Crippen LogP contribution in [0.15, 0.2) is 18.2 Å². The standard InChI is InChI=1S/C21H27N3O3/c1-13-4-2-3-5-17(13)22-11-14-6-7-16-15(10-14)12-24(21(16)27)18-8-9-19(25)23-20(18)26/h6-7,10,13,17-18,22H,2-5,8-9,11-12H2,1H3,(H,23,25,26)/t13-,17-,18?/m1/s1. The van der Waals surface area contributed by atoms with E-state index in [0.29, 0.717) is 30.5 Å². The first-order chi connectivity index (χ1) is 13.0. The van der Waals surface area contributed by atoms with Crippen LogP contribution < -0.4 is 10.6 Å². The minimum absolute atomic E-state index is 0.111. The summed E-state index contributed by atoms with van der Waals surface area (Å²) in [7, 11) is 0. The van der Waals surface area contributed by atoms with Gasteiger partial charge in [0.05, 0.1) is 0 Å². The van der Waals surface area contributed by atoms with Crippen LogP contribution in [-0.4, -0.2) is 34.7 Å². The molecule has 1 saturated heterocycles. The molecule has 0 radical (unpaired) electrons. The summed E-state index contributed by atoms with van der Waals surface area (Å²) in [6.07, 6.45) is 5.83. The maximum absolute atomic E-state index is 12.7. The average molecular weight is 369 g/mol. The largest absolute Gasteiger partial charge is 0.322 e. The monoisotopic (exact) mass is 369 g/mol. The van der Waals surface area contributed by atoms with Crippen molar-refractivity contribution in [2.75, 3.05) is 0 Å². The van der Waals surface area contributed by atoms with Crippen LogP contribution in [0.1, 0.15) is 66.9 Å². The summed E-state index contributed by atoms with van der Waals surface area (Å²) in [5.41, 5.74) is 2.82. The van der Waals surface area contributed by atoms with E-state index < -0.39 is 6.04 Å². The number of fused-ring (bicyclic) bond motifs is 1. The quantitative estimate of drug-likeness (QED) is 0.797. The molecule has 2 aliphatic heterocycles. The molecule has 2 heterocycles. The lowest BCUT2D eigenvalue weighted by atomic mass is 9.86. The zero-order valence-electron chi connectivity index (χ0n) is 15.8. The molecule has 0 spiro atoms. The minimum atomic E-state index is -0.549. The van der Waals surface area contributed by atoms with Crippen LogP contribution in [0.5, 0.6) is 0 Å². The minimum Gasteiger partial charge on any atom is -0.322 e. The van der Waals surface area contributed by atoms with Gasteiger partial charge in [0, 0.05) is 31.1 Å². The van der Waals surface area contributed by atoms with Crippen LogP contribution >= 0.6 is 0 Å². The summed E-state index contributed by atoms with van der Waals surface area (Å²) >= 11 is 0. The number of benzene rings is 1. The Morgan fingerprint density at radius 2 is 1.96 bits per heavy atom. The second-order valence-electron chi connectivity index (χ2n) is 8.14. The molecular formula is C21H27N3O3. The number of carbonyl (C=O) groups is 3. The number of carbonyl (C=O) groups excluding carboxylic acids is 3.